The molecule has 1 aromatic rings. The Morgan fingerprint density at radius 3 is 2.68 bits per heavy atom. The molecule has 19 heavy (non-hydrogen) atoms. The van der Waals surface area contributed by atoms with E-state index in [1.165, 1.54) is 5.56 Å². The van der Waals surface area contributed by atoms with Crippen molar-refractivity contribution in [1.82, 2.24) is 9.88 Å². The molecule has 0 aliphatic carbocycles. The molecule has 1 fully saturated rings. The predicted octanol–water partition coefficient (Wildman–Crippen LogP) is 2.91. The number of aryl methyl sites for hydroxylation is 1. The molecule has 2 rings (SSSR count). The van der Waals surface area contributed by atoms with Crippen molar-refractivity contribution in [2.24, 2.45) is 0 Å². The molecule has 3 nitrogen and oxygen atoms in total. The van der Waals surface area contributed by atoms with Gasteiger partial charge in [-0.15, -0.1) is 11.6 Å². The van der Waals surface area contributed by atoms with Crippen LogP contribution < -0.4 is 4.90 Å². The topological polar surface area (TPSA) is 19.4 Å². The number of halogens is 1. The number of hydrogen-bond donors (Lipinski definition) is 0. The summed E-state index contributed by atoms with van der Waals surface area (Å²) in [4.78, 5) is 9.67. The van der Waals surface area contributed by atoms with Crippen LogP contribution in [0.4, 0.5) is 5.82 Å². The Labute approximate surface area is 121 Å². The molecule has 0 saturated carbocycles. The fraction of sp³-hybridized carbons (Fsp3) is 0.667. The summed E-state index contributed by atoms with van der Waals surface area (Å²) >= 11 is 5.99. The Kier molecular flexibility index (Phi) is 5.06. The van der Waals surface area contributed by atoms with E-state index in [1.807, 2.05) is 0 Å². The van der Waals surface area contributed by atoms with Gasteiger partial charge in [0, 0.05) is 37.3 Å². The lowest BCUT2D eigenvalue weighted by atomic mass is 10.1. The summed E-state index contributed by atoms with van der Waals surface area (Å²) in [5.41, 5.74) is 2.31. The quantitative estimate of drug-likeness (QED) is 0.791. The van der Waals surface area contributed by atoms with Gasteiger partial charge in [0.25, 0.3) is 0 Å². The van der Waals surface area contributed by atoms with Crippen molar-refractivity contribution in [3.8, 4) is 0 Å². The van der Waals surface area contributed by atoms with E-state index >= 15 is 0 Å². The van der Waals surface area contributed by atoms with Crippen LogP contribution in [0, 0.1) is 0 Å². The number of nitrogens with zero attached hydrogens (tertiary/aromatic N) is 3. The van der Waals surface area contributed by atoms with Crippen molar-refractivity contribution < 1.29 is 0 Å². The highest BCUT2D eigenvalue weighted by Crippen LogP contribution is 2.20. The fourth-order valence-electron chi connectivity index (χ4n) is 2.73. The first kappa shape index (κ1) is 14.6. The second kappa shape index (κ2) is 6.58. The highest BCUT2D eigenvalue weighted by molar-refractivity contribution is 6.17. The third-order valence-corrected chi connectivity index (χ3v) is 4.25. The molecule has 0 N–H and O–H groups in total. The van der Waals surface area contributed by atoms with Crippen LogP contribution in [0.5, 0.6) is 0 Å². The average Bonchev–Trinajstić information content (AvgIpc) is 2.46. The van der Waals surface area contributed by atoms with Crippen LogP contribution in [0.25, 0.3) is 0 Å². The molecular weight excluding hydrogens is 258 g/mol. The predicted molar refractivity (Wildman–Crippen MR) is 82.1 cm³/mol. The highest BCUT2D eigenvalue weighted by atomic mass is 35.5. The van der Waals surface area contributed by atoms with Crippen molar-refractivity contribution in [3.63, 3.8) is 0 Å². The number of pyridine rings is 1. The summed E-state index contributed by atoms with van der Waals surface area (Å²) in [7, 11) is 0. The Bertz CT molecular complexity index is 400. The van der Waals surface area contributed by atoms with E-state index < -0.39 is 0 Å². The SMILES string of the molecule is CCc1cc(CCl)cc(N2CCN(CC)C(C)C2)n1. The third kappa shape index (κ3) is 3.40. The van der Waals surface area contributed by atoms with Gasteiger partial charge in [-0.05, 0) is 37.6 Å². The largest absolute Gasteiger partial charge is 0.354 e. The minimum atomic E-state index is 0.562. The van der Waals surface area contributed by atoms with Crippen molar-refractivity contribution in [2.45, 2.75) is 39.1 Å². The van der Waals surface area contributed by atoms with Crippen LogP contribution in [0.15, 0.2) is 12.1 Å². The van der Waals surface area contributed by atoms with Crippen LogP contribution >= 0.6 is 11.6 Å². The third-order valence-electron chi connectivity index (χ3n) is 3.94. The lowest BCUT2D eigenvalue weighted by Crippen LogP contribution is -2.52. The molecule has 0 amide bonds. The number of anilines is 1. The molecule has 1 aliphatic heterocycles. The van der Waals surface area contributed by atoms with Crippen LogP contribution in [0.1, 0.15) is 32.0 Å². The van der Waals surface area contributed by atoms with Gasteiger partial charge in [0.15, 0.2) is 0 Å². The van der Waals surface area contributed by atoms with Gasteiger partial charge < -0.3 is 4.90 Å². The van der Waals surface area contributed by atoms with Crippen LogP contribution in [0.2, 0.25) is 0 Å². The van der Waals surface area contributed by atoms with Gasteiger partial charge in [-0.3, -0.25) is 4.90 Å². The van der Waals surface area contributed by atoms with Gasteiger partial charge in [0.1, 0.15) is 5.82 Å². The number of piperazine rings is 1. The molecule has 1 unspecified atom stereocenters. The zero-order valence-electron chi connectivity index (χ0n) is 12.2. The van der Waals surface area contributed by atoms with E-state index in [9.17, 15) is 0 Å². The number of likely N-dealkylation sites (N-methyl/N-ethyl adjacent to an activating group) is 1. The van der Waals surface area contributed by atoms with E-state index in [1.54, 1.807) is 0 Å². The Morgan fingerprint density at radius 1 is 1.32 bits per heavy atom. The average molecular weight is 282 g/mol. The normalized spacial score (nSPS) is 20.8. The first-order valence-corrected chi connectivity index (χ1v) is 7.76. The van der Waals surface area contributed by atoms with Crippen molar-refractivity contribution >= 4 is 17.4 Å². The summed E-state index contributed by atoms with van der Waals surface area (Å²) in [6, 6.07) is 4.84. The molecule has 1 atom stereocenters. The molecular formula is C15H24ClN3. The van der Waals surface area contributed by atoms with Gasteiger partial charge in [-0.25, -0.2) is 4.98 Å². The van der Waals surface area contributed by atoms with Crippen molar-refractivity contribution in [1.29, 1.82) is 0 Å². The first-order valence-electron chi connectivity index (χ1n) is 7.22. The summed E-state index contributed by atoms with van der Waals surface area (Å²) in [6.45, 7) is 11.0. The smallest absolute Gasteiger partial charge is 0.129 e. The monoisotopic (exact) mass is 281 g/mol. The maximum Gasteiger partial charge on any atom is 0.129 e. The zero-order chi connectivity index (χ0) is 13.8. The van der Waals surface area contributed by atoms with E-state index in [-0.39, 0.29) is 0 Å². The van der Waals surface area contributed by atoms with Gasteiger partial charge in [-0.2, -0.15) is 0 Å². The molecule has 0 bridgehead atoms. The summed E-state index contributed by atoms with van der Waals surface area (Å²) < 4.78 is 0. The molecule has 1 aliphatic rings. The first-order chi connectivity index (χ1) is 9.17. The highest BCUT2D eigenvalue weighted by Gasteiger charge is 2.23. The molecule has 0 spiro atoms. The maximum atomic E-state index is 5.99. The van der Waals surface area contributed by atoms with Crippen LogP contribution in [-0.4, -0.2) is 42.1 Å². The Hall–Kier alpha value is -0.800. The molecule has 1 saturated heterocycles. The maximum absolute atomic E-state index is 5.99. The standard InChI is InChI=1S/C15H24ClN3/c1-4-14-8-13(10-16)9-15(17-14)19-7-6-18(5-2)12(3)11-19/h8-9,12H,4-7,10-11H2,1-3H3. The zero-order valence-corrected chi connectivity index (χ0v) is 13.0. The van der Waals surface area contributed by atoms with E-state index in [0.29, 0.717) is 11.9 Å². The second-order valence-corrected chi connectivity index (χ2v) is 5.50. The molecule has 4 heteroatoms. The lowest BCUT2D eigenvalue weighted by molar-refractivity contribution is 0.199. The molecule has 0 radical (unpaired) electrons. The molecule has 2 heterocycles. The number of alkyl halides is 1. The second-order valence-electron chi connectivity index (χ2n) is 5.24. The minimum Gasteiger partial charge on any atom is -0.354 e. The Balaban J connectivity index is 2.18. The number of aromatic nitrogens is 1. The van der Waals surface area contributed by atoms with Crippen LogP contribution in [0.3, 0.4) is 0 Å². The fourth-order valence-corrected chi connectivity index (χ4v) is 2.88. The Morgan fingerprint density at radius 2 is 2.11 bits per heavy atom. The van der Waals surface area contributed by atoms with Gasteiger partial charge >= 0.3 is 0 Å². The van der Waals surface area contributed by atoms with Gasteiger partial charge in [0.05, 0.1) is 0 Å². The summed E-state index contributed by atoms with van der Waals surface area (Å²) in [6.07, 6.45) is 0.961. The molecule has 0 aromatic carbocycles. The van der Waals surface area contributed by atoms with Crippen LogP contribution in [-0.2, 0) is 12.3 Å². The molecule has 106 valence electrons. The number of rotatable bonds is 4. The summed E-state index contributed by atoms with van der Waals surface area (Å²) in [5.74, 6) is 1.66. The van der Waals surface area contributed by atoms with E-state index in [4.69, 9.17) is 16.6 Å². The van der Waals surface area contributed by atoms with Crippen molar-refractivity contribution in [2.75, 3.05) is 31.1 Å². The van der Waals surface area contributed by atoms with Crippen molar-refractivity contribution in [3.05, 3.63) is 23.4 Å². The van der Waals surface area contributed by atoms with E-state index in [2.05, 4.69) is 42.7 Å². The van der Waals surface area contributed by atoms with E-state index in [0.717, 1.165) is 44.1 Å². The number of hydrogen-bond acceptors (Lipinski definition) is 3. The van der Waals surface area contributed by atoms with Gasteiger partial charge in [-0.1, -0.05) is 13.8 Å². The summed E-state index contributed by atoms with van der Waals surface area (Å²) in [5, 5.41) is 0. The minimum absolute atomic E-state index is 0.562. The van der Waals surface area contributed by atoms with Gasteiger partial charge in [0.2, 0.25) is 0 Å². The molecule has 1 aromatic heterocycles. The lowest BCUT2D eigenvalue weighted by Gasteiger charge is -2.40.